The van der Waals surface area contributed by atoms with Crippen molar-refractivity contribution in [2.45, 2.75) is 96.7 Å². The van der Waals surface area contributed by atoms with E-state index < -0.39 is 56.9 Å². The van der Waals surface area contributed by atoms with Crippen LogP contribution in [0, 0.1) is 11.3 Å². The number of nitrogens with zero attached hydrogens (tertiary/aromatic N) is 2. The molecule has 0 radical (unpaired) electrons. The summed E-state index contributed by atoms with van der Waals surface area (Å²) in [5, 5.41) is 17.9. The molecule has 1 saturated carbocycles. The number of amides is 4. The van der Waals surface area contributed by atoms with Crippen LogP contribution in [0.2, 0.25) is 0 Å². The lowest BCUT2D eigenvalue weighted by Gasteiger charge is -2.34. The van der Waals surface area contributed by atoms with Crippen molar-refractivity contribution in [3.05, 3.63) is 12.2 Å². The third kappa shape index (κ3) is 8.43. The summed E-state index contributed by atoms with van der Waals surface area (Å²) in [5.74, 6) is -2.21. The van der Waals surface area contributed by atoms with Crippen molar-refractivity contribution >= 4 is 33.8 Å². The van der Waals surface area contributed by atoms with Crippen LogP contribution in [0.15, 0.2) is 12.2 Å². The van der Waals surface area contributed by atoms with Gasteiger partial charge in [-0.3, -0.25) is 9.59 Å². The highest BCUT2D eigenvalue weighted by atomic mass is 32.2. The van der Waals surface area contributed by atoms with Gasteiger partial charge < -0.3 is 26.0 Å². The lowest BCUT2D eigenvalue weighted by molar-refractivity contribution is -0.145. The second-order valence-corrected chi connectivity index (χ2v) is 14.6. The smallest absolute Gasteiger partial charge is 0.330 e. The monoisotopic (exact) mass is 597 g/mol. The average molecular weight is 598 g/mol. The van der Waals surface area contributed by atoms with Crippen LogP contribution in [0.25, 0.3) is 0 Å². The molecule has 12 nitrogen and oxygen atoms in total. The molecule has 2 aliphatic heterocycles. The van der Waals surface area contributed by atoms with Crippen molar-refractivity contribution in [3.63, 3.8) is 0 Å². The second-order valence-electron chi connectivity index (χ2n) is 12.5. The summed E-state index contributed by atoms with van der Waals surface area (Å²) in [6.07, 6.45) is 9.83. The van der Waals surface area contributed by atoms with Gasteiger partial charge in [-0.2, -0.15) is 4.31 Å². The van der Waals surface area contributed by atoms with Crippen LogP contribution >= 0.6 is 0 Å². The van der Waals surface area contributed by atoms with Gasteiger partial charge in [0, 0.05) is 31.6 Å². The molecule has 0 spiro atoms. The minimum atomic E-state index is -3.33. The molecular formula is C28H47N5O7S. The highest BCUT2D eigenvalue weighted by Crippen LogP contribution is 2.45. The van der Waals surface area contributed by atoms with Crippen LogP contribution in [-0.4, -0.2) is 96.1 Å². The molecule has 0 aromatic carbocycles. The Kier molecular flexibility index (Phi) is 10.8. The maximum absolute atomic E-state index is 13.1. The minimum Gasteiger partial charge on any atom is -0.479 e. The predicted molar refractivity (Wildman–Crippen MR) is 154 cm³/mol. The molecule has 3 fully saturated rings. The van der Waals surface area contributed by atoms with Crippen LogP contribution in [-0.2, 0) is 24.4 Å². The van der Waals surface area contributed by atoms with Crippen molar-refractivity contribution in [1.82, 2.24) is 25.2 Å². The number of unbranched alkanes of at least 4 members (excludes halogenated alkanes) is 3. The fraction of sp³-hybridized carbons (Fsp3) is 0.786. The first-order valence-corrected chi connectivity index (χ1v) is 16.4. The van der Waals surface area contributed by atoms with Crippen LogP contribution in [0.3, 0.4) is 0 Å². The number of aliphatic carboxylic acids is 1. The first-order valence-electron chi connectivity index (χ1n) is 14.7. The molecule has 0 bridgehead atoms. The maximum Gasteiger partial charge on any atom is 0.330 e. The zero-order valence-corrected chi connectivity index (χ0v) is 25.6. The fourth-order valence-corrected chi connectivity index (χ4v) is 7.02. The average Bonchev–Trinajstić information content (AvgIpc) is 3.19. The quantitative estimate of drug-likeness (QED) is 0.186. The molecule has 4 amide bonds. The zero-order chi connectivity index (χ0) is 30.4. The number of rotatable bonds is 13. The summed E-state index contributed by atoms with van der Waals surface area (Å²) in [5.41, 5.74) is -1.79. The number of hydrogen-bond donors (Lipinski definition) is 4. The Bertz CT molecular complexity index is 1120. The summed E-state index contributed by atoms with van der Waals surface area (Å²) >= 11 is 0. The van der Waals surface area contributed by atoms with Crippen molar-refractivity contribution in [2.24, 2.45) is 11.3 Å². The summed E-state index contributed by atoms with van der Waals surface area (Å²) < 4.78 is 25.9. The number of hydrogen-bond acceptors (Lipinski definition) is 6. The molecule has 2 heterocycles. The number of likely N-dealkylation sites (tertiary alicyclic amines) is 1. The van der Waals surface area contributed by atoms with Gasteiger partial charge in [-0.25, -0.2) is 18.0 Å². The normalized spacial score (nSPS) is 26.6. The van der Waals surface area contributed by atoms with Gasteiger partial charge in [-0.1, -0.05) is 52.7 Å². The topological polar surface area (TPSA) is 165 Å². The molecule has 41 heavy (non-hydrogen) atoms. The van der Waals surface area contributed by atoms with E-state index in [2.05, 4.69) is 22.9 Å². The number of sulfonamides is 1. The van der Waals surface area contributed by atoms with Crippen molar-refractivity contribution in [1.29, 1.82) is 0 Å². The highest BCUT2D eigenvalue weighted by Gasteiger charge is 2.61. The molecule has 0 aromatic rings. The largest absolute Gasteiger partial charge is 0.479 e. The van der Waals surface area contributed by atoms with Crippen LogP contribution in [0.1, 0.15) is 79.1 Å². The molecule has 2 saturated heterocycles. The summed E-state index contributed by atoms with van der Waals surface area (Å²) in [6, 6.07) is -1.90. The second kappa shape index (κ2) is 13.5. The lowest BCUT2D eigenvalue weighted by atomic mass is 9.86. The number of carboxylic acids is 1. The summed E-state index contributed by atoms with van der Waals surface area (Å²) in [7, 11) is -3.33. The molecule has 2 unspecified atom stereocenters. The molecule has 4 N–H and O–H groups in total. The maximum atomic E-state index is 13.1. The third-order valence-electron chi connectivity index (χ3n) is 8.30. The van der Waals surface area contributed by atoms with Crippen molar-refractivity contribution < 1.29 is 32.7 Å². The Labute approximate surface area is 243 Å². The number of urea groups is 1. The Morgan fingerprint density at radius 3 is 2.46 bits per heavy atom. The Balaban J connectivity index is 1.53. The van der Waals surface area contributed by atoms with Gasteiger partial charge >= 0.3 is 12.0 Å². The van der Waals surface area contributed by atoms with E-state index in [0.29, 0.717) is 38.8 Å². The van der Waals surface area contributed by atoms with E-state index in [0.717, 1.165) is 25.7 Å². The first kappa shape index (κ1) is 32.8. The fourth-order valence-electron chi connectivity index (χ4n) is 5.48. The van der Waals surface area contributed by atoms with Gasteiger partial charge in [0.15, 0.2) is 0 Å². The Morgan fingerprint density at radius 2 is 1.85 bits per heavy atom. The van der Waals surface area contributed by atoms with Gasteiger partial charge in [0.1, 0.15) is 11.6 Å². The Morgan fingerprint density at radius 1 is 1.12 bits per heavy atom. The molecule has 1 aliphatic carbocycles. The summed E-state index contributed by atoms with van der Waals surface area (Å²) in [6.45, 7) is 8.35. The SMILES string of the molecule is CCCCC/C=C\C1C[C@]1(NC(=O)[C@@H]1CCCN1C(=O)CNC(=O)NC(CN1CCCS1(=O)=O)C(C)(C)C)C(=O)O. The van der Waals surface area contributed by atoms with Crippen LogP contribution in [0.5, 0.6) is 0 Å². The van der Waals surface area contributed by atoms with Gasteiger partial charge in [0.05, 0.1) is 12.3 Å². The number of nitrogens with one attached hydrogen (secondary N) is 3. The van der Waals surface area contributed by atoms with Gasteiger partial charge in [0.25, 0.3) is 0 Å². The summed E-state index contributed by atoms with van der Waals surface area (Å²) in [4.78, 5) is 52.3. The van der Waals surface area contributed by atoms with E-state index in [9.17, 15) is 32.7 Å². The predicted octanol–water partition coefficient (Wildman–Crippen LogP) is 1.82. The number of carbonyl (C=O) groups is 4. The molecular weight excluding hydrogens is 550 g/mol. The molecule has 13 heteroatoms. The molecule has 0 aromatic heterocycles. The van der Waals surface area contributed by atoms with E-state index in [1.54, 1.807) is 0 Å². The number of allylic oxidation sites excluding steroid dienone is 1. The van der Waals surface area contributed by atoms with E-state index in [-0.39, 0.29) is 24.8 Å². The van der Waals surface area contributed by atoms with Crippen molar-refractivity contribution in [2.75, 3.05) is 31.9 Å². The third-order valence-corrected chi connectivity index (χ3v) is 10.2. The number of carbonyl (C=O) groups excluding carboxylic acids is 3. The molecule has 232 valence electrons. The van der Waals surface area contributed by atoms with E-state index in [4.69, 9.17) is 0 Å². The Hall–Kier alpha value is -2.67. The van der Waals surface area contributed by atoms with E-state index >= 15 is 0 Å². The highest BCUT2D eigenvalue weighted by molar-refractivity contribution is 7.89. The zero-order valence-electron chi connectivity index (χ0n) is 24.8. The van der Waals surface area contributed by atoms with Crippen LogP contribution in [0.4, 0.5) is 4.79 Å². The minimum absolute atomic E-state index is 0.0964. The van der Waals surface area contributed by atoms with Crippen molar-refractivity contribution in [3.8, 4) is 0 Å². The first-order chi connectivity index (χ1) is 19.2. The molecule has 3 aliphatic rings. The lowest BCUT2D eigenvalue weighted by Crippen LogP contribution is -2.56. The number of carboxylic acid groups (broad SMARTS) is 1. The van der Waals surface area contributed by atoms with Gasteiger partial charge in [-0.15, -0.1) is 0 Å². The van der Waals surface area contributed by atoms with Gasteiger partial charge in [0.2, 0.25) is 21.8 Å². The van der Waals surface area contributed by atoms with Gasteiger partial charge in [-0.05, 0) is 43.9 Å². The standard InChI is InChI=1S/C28H47N5O7S/c1-5-6-7-8-9-12-20-17-28(20,25(36)37)31-24(35)21-13-10-15-33(21)23(34)18-29-26(38)30-22(27(2,3)4)19-32-14-11-16-41(32,39)40/h9,12,20-22H,5-8,10-11,13-19H2,1-4H3,(H,31,35)(H,36,37)(H2,29,30,38)/b12-9-/t20?,21-,22?,28+/m0/s1. The van der Waals surface area contributed by atoms with E-state index in [1.165, 1.54) is 9.21 Å². The van der Waals surface area contributed by atoms with E-state index in [1.807, 2.05) is 32.9 Å². The van der Waals surface area contributed by atoms with Crippen LogP contribution < -0.4 is 16.0 Å². The molecule has 3 rings (SSSR count). The molecule has 4 atom stereocenters.